The number of halogens is 1. The summed E-state index contributed by atoms with van der Waals surface area (Å²) < 4.78 is 0. The number of carbonyl (C=O) groups excluding carboxylic acids is 1. The average Bonchev–Trinajstić information content (AvgIpc) is 1.86. The van der Waals surface area contributed by atoms with E-state index in [4.69, 9.17) is 10.2 Å². The molecule has 0 aliphatic carbocycles. The maximum absolute atomic E-state index is 10.6. The summed E-state index contributed by atoms with van der Waals surface area (Å²) in [6.45, 7) is 0.943. The summed E-state index contributed by atoms with van der Waals surface area (Å²) in [5.74, 6) is -2.29. The molecule has 0 spiro atoms. The first-order valence-corrected chi connectivity index (χ1v) is 3.60. The van der Waals surface area contributed by atoms with Crippen LogP contribution < -0.4 is 0 Å². The number of aliphatic carboxylic acids is 1. The molecule has 0 fully saturated rings. The molecule has 4 nitrogen and oxygen atoms in total. The third-order valence-corrected chi connectivity index (χ3v) is 1.59. The van der Waals surface area contributed by atoms with Gasteiger partial charge in [-0.3, -0.25) is 4.79 Å². The van der Waals surface area contributed by atoms with Gasteiger partial charge in [-0.1, -0.05) is 15.9 Å². The second-order valence-electron chi connectivity index (χ2n) is 1.93. The van der Waals surface area contributed by atoms with Gasteiger partial charge in [0.15, 0.2) is 5.78 Å². The highest BCUT2D eigenvalue weighted by atomic mass is 79.9. The van der Waals surface area contributed by atoms with Crippen molar-refractivity contribution in [3.8, 4) is 0 Å². The summed E-state index contributed by atoms with van der Waals surface area (Å²) in [4.78, 5) is 20.7. The molecule has 0 aromatic heterocycles. The molecule has 10 heavy (non-hydrogen) atoms. The minimum absolute atomic E-state index is 0.160. The van der Waals surface area contributed by atoms with Gasteiger partial charge in [0, 0.05) is 0 Å². The first-order valence-electron chi connectivity index (χ1n) is 2.48. The first kappa shape index (κ1) is 9.58. The van der Waals surface area contributed by atoms with Crippen molar-refractivity contribution in [1.82, 2.24) is 0 Å². The van der Waals surface area contributed by atoms with Crippen molar-refractivity contribution in [3.63, 3.8) is 0 Å². The second kappa shape index (κ2) is 3.12. The molecule has 58 valence electrons. The van der Waals surface area contributed by atoms with Gasteiger partial charge in [0.05, 0.1) is 5.33 Å². The summed E-state index contributed by atoms with van der Waals surface area (Å²) in [6, 6.07) is 0. The van der Waals surface area contributed by atoms with Crippen LogP contribution in [0.2, 0.25) is 0 Å². The maximum Gasteiger partial charge on any atom is 0.343 e. The Morgan fingerprint density at radius 3 is 2.10 bits per heavy atom. The Balaban J connectivity index is 4.40. The van der Waals surface area contributed by atoms with E-state index in [9.17, 15) is 9.59 Å². The van der Waals surface area contributed by atoms with E-state index in [0.717, 1.165) is 6.92 Å². The zero-order valence-corrected chi connectivity index (χ0v) is 6.88. The highest BCUT2D eigenvalue weighted by Gasteiger charge is 2.37. The van der Waals surface area contributed by atoms with E-state index in [1.165, 1.54) is 0 Å². The SMILES string of the molecule is CC(O)(C(=O)O)C(=O)CBr. The van der Waals surface area contributed by atoms with Crippen LogP contribution >= 0.6 is 15.9 Å². The van der Waals surface area contributed by atoms with Crippen LogP contribution in [0.5, 0.6) is 0 Å². The van der Waals surface area contributed by atoms with Crippen molar-refractivity contribution in [1.29, 1.82) is 0 Å². The third kappa shape index (κ3) is 1.78. The lowest BCUT2D eigenvalue weighted by Gasteiger charge is -2.13. The van der Waals surface area contributed by atoms with Crippen molar-refractivity contribution >= 4 is 27.7 Å². The van der Waals surface area contributed by atoms with Crippen molar-refractivity contribution < 1.29 is 19.8 Å². The number of Topliss-reactive ketones (excluding diaryl/α,β-unsaturated/α-hetero) is 1. The van der Waals surface area contributed by atoms with Gasteiger partial charge in [-0.05, 0) is 6.92 Å². The fraction of sp³-hybridized carbons (Fsp3) is 0.600. The van der Waals surface area contributed by atoms with Crippen LogP contribution in [-0.4, -0.2) is 32.9 Å². The molecular formula is C5H7BrO4. The predicted molar refractivity (Wildman–Crippen MR) is 37.1 cm³/mol. The molecule has 0 heterocycles. The quantitative estimate of drug-likeness (QED) is 0.500. The lowest BCUT2D eigenvalue weighted by atomic mass is 10.0. The molecule has 0 aromatic carbocycles. The van der Waals surface area contributed by atoms with Gasteiger partial charge in [0.1, 0.15) is 0 Å². The standard InChI is InChI=1S/C5H7BrO4/c1-5(10,4(8)9)3(7)2-6/h10H,2H2,1H3,(H,8,9). The summed E-state index contributed by atoms with van der Waals surface area (Å²) in [6.07, 6.45) is 0. The van der Waals surface area contributed by atoms with Gasteiger partial charge >= 0.3 is 5.97 Å². The Bertz CT molecular complexity index is 163. The Kier molecular flexibility index (Phi) is 2.98. The number of carboxylic acid groups (broad SMARTS) is 1. The Morgan fingerprint density at radius 1 is 1.60 bits per heavy atom. The molecule has 0 aliphatic rings. The largest absolute Gasteiger partial charge is 0.479 e. The van der Waals surface area contributed by atoms with Crippen LogP contribution in [0.1, 0.15) is 6.92 Å². The molecule has 0 amide bonds. The number of carboxylic acids is 1. The fourth-order valence-electron chi connectivity index (χ4n) is 0.249. The minimum atomic E-state index is -2.26. The predicted octanol–water partition coefficient (Wildman–Crippen LogP) is -0.214. The van der Waals surface area contributed by atoms with Crippen LogP contribution in [0.15, 0.2) is 0 Å². The molecule has 0 rings (SSSR count). The number of aliphatic hydroxyl groups is 1. The number of carbonyl (C=O) groups is 2. The van der Waals surface area contributed by atoms with Crippen molar-refractivity contribution in [2.45, 2.75) is 12.5 Å². The molecule has 1 atom stereocenters. The zero-order chi connectivity index (χ0) is 8.36. The molecule has 0 aromatic rings. The number of alkyl halides is 1. The van der Waals surface area contributed by atoms with Crippen molar-refractivity contribution in [3.05, 3.63) is 0 Å². The van der Waals surface area contributed by atoms with Crippen LogP contribution in [0, 0.1) is 0 Å². The molecule has 1 unspecified atom stereocenters. The van der Waals surface area contributed by atoms with E-state index in [1.54, 1.807) is 0 Å². The zero-order valence-electron chi connectivity index (χ0n) is 5.30. The third-order valence-electron chi connectivity index (χ3n) is 1.08. The van der Waals surface area contributed by atoms with Crippen LogP contribution in [0.4, 0.5) is 0 Å². The lowest BCUT2D eigenvalue weighted by molar-refractivity contribution is -0.162. The van der Waals surface area contributed by atoms with Gasteiger partial charge in [-0.15, -0.1) is 0 Å². The molecule has 2 N–H and O–H groups in total. The normalized spacial score (nSPS) is 15.9. The molecule has 0 radical (unpaired) electrons. The first-order chi connectivity index (χ1) is 4.42. The molecule has 0 bridgehead atoms. The van der Waals surface area contributed by atoms with Crippen LogP contribution in [0.3, 0.4) is 0 Å². The summed E-state index contributed by atoms with van der Waals surface area (Å²) >= 11 is 2.75. The van der Waals surface area contributed by atoms with Gasteiger partial charge < -0.3 is 10.2 Å². The Hall–Kier alpha value is -0.420. The molecule has 5 heteroatoms. The van der Waals surface area contributed by atoms with Crippen LogP contribution in [-0.2, 0) is 9.59 Å². The van der Waals surface area contributed by atoms with E-state index < -0.39 is 17.4 Å². The molecular weight excluding hydrogens is 204 g/mol. The average molecular weight is 211 g/mol. The number of rotatable bonds is 3. The highest BCUT2D eigenvalue weighted by molar-refractivity contribution is 9.09. The molecule has 0 saturated heterocycles. The highest BCUT2D eigenvalue weighted by Crippen LogP contribution is 2.06. The lowest BCUT2D eigenvalue weighted by Crippen LogP contribution is -2.44. The van der Waals surface area contributed by atoms with Crippen molar-refractivity contribution in [2.24, 2.45) is 0 Å². The van der Waals surface area contributed by atoms with E-state index >= 15 is 0 Å². The number of hydrogen-bond donors (Lipinski definition) is 2. The minimum Gasteiger partial charge on any atom is -0.479 e. The Labute approximate surface area is 66.0 Å². The van der Waals surface area contributed by atoms with Gasteiger partial charge in [-0.25, -0.2) is 4.79 Å². The summed E-state index contributed by atoms with van der Waals surface area (Å²) in [5, 5.41) is 17.0. The second-order valence-corrected chi connectivity index (χ2v) is 2.49. The van der Waals surface area contributed by atoms with Gasteiger partial charge in [0.25, 0.3) is 0 Å². The topological polar surface area (TPSA) is 74.6 Å². The van der Waals surface area contributed by atoms with Crippen molar-refractivity contribution in [2.75, 3.05) is 5.33 Å². The smallest absolute Gasteiger partial charge is 0.343 e. The molecule has 0 aliphatic heterocycles. The van der Waals surface area contributed by atoms with Gasteiger partial charge in [-0.2, -0.15) is 0 Å². The van der Waals surface area contributed by atoms with E-state index in [2.05, 4.69) is 15.9 Å². The van der Waals surface area contributed by atoms with Gasteiger partial charge in [0.2, 0.25) is 5.60 Å². The summed E-state index contributed by atoms with van der Waals surface area (Å²) in [5.41, 5.74) is -2.26. The van der Waals surface area contributed by atoms with E-state index in [0.29, 0.717) is 0 Å². The van der Waals surface area contributed by atoms with E-state index in [-0.39, 0.29) is 5.33 Å². The maximum atomic E-state index is 10.6. The fourth-order valence-corrected chi connectivity index (χ4v) is 0.795. The van der Waals surface area contributed by atoms with Crippen LogP contribution in [0.25, 0.3) is 0 Å². The molecule has 0 saturated carbocycles. The number of hydrogen-bond acceptors (Lipinski definition) is 3. The Morgan fingerprint density at radius 2 is 2.00 bits per heavy atom. The number of ketones is 1. The van der Waals surface area contributed by atoms with E-state index in [1.807, 2.05) is 0 Å². The monoisotopic (exact) mass is 210 g/mol. The summed E-state index contributed by atoms with van der Waals surface area (Å²) in [7, 11) is 0.